The summed E-state index contributed by atoms with van der Waals surface area (Å²) in [5, 5.41) is 9.42. The fourth-order valence-corrected chi connectivity index (χ4v) is 2.51. The number of rotatable bonds is 3. The van der Waals surface area contributed by atoms with Crippen LogP contribution in [0.2, 0.25) is 0 Å². The number of primary amides is 1. The molecular formula is C13H19N3O2. The van der Waals surface area contributed by atoms with Crippen molar-refractivity contribution in [2.75, 3.05) is 23.8 Å². The smallest absolute Gasteiger partial charge is 0.250 e. The van der Waals surface area contributed by atoms with E-state index in [1.807, 2.05) is 6.07 Å². The van der Waals surface area contributed by atoms with Crippen LogP contribution in [-0.2, 0) is 0 Å². The summed E-state index contributed by atoms with van der Waals surface area (Å²) >= 11 is 0. The minimum absolute atomic E-state index is 0.0560. The molecule has 98 valence electrons. The molecule has 1 unspecified atom stereocenters. The summed E-state index contributed by atoms with van der Waals surface area (Å²) in [6.07, 6.45) is 3.08. The molecule has 0 aromatic heterocycles. The monoisotopic (exact) mass is 249 g/mol. The number of hydrogen-bond acceptors (Lipinski definition) is 4. The molecule has 1 heterocycles. The fraction of sp³-hybridized carbons (Fsp3) is 0.462. The summed E-state index contributed by atoms with van der Waals surface area (Å²) in [6.45, 7) is 0.915. The molecule has 1 aliphatic heterocycles. The first kappa shape index (κ1) is 12.7. The van der Waals surface area contributed by atoms with E-state index in [-0.39, 0.29) is 12.6 Å². The molecule has 1 atom stereocenters. The van der Waals surface area contributed by atoms with Crippen molar-refractivity contribution >= 4 is 17.3 Å². The zero-order valence-corrected chi connectivity index (χ0v) is 10.3. The normalized spacial score (nSPS) is 19.8. The van der Waals surface area contributed by atoms with Gasteiger partial charge in [0.25, 0.3) is 5.91 Å². The first-order valence-electron chi connectivity index (χ1n) is 6.20. The lowest BCUT2D eigenvalue weighted by atomic mass is 10.00. The number of anilines is 2. The summed E-state index contributed by atoms with van der Waals surface area (Å²) in [5.41, 5.74) is 12.8. The third-order valence-electron chi connectivity index (χ3n) is 3.43. The lowest BCUT2D eigenvalue weighted by molar-refractivity contribution is 0.100. The van der Waals surface area contributed by atoms with Crippen LogP contribution in [0.1, 0.15) is 29.6 Å². The first-order valence-corrected chi connectivity index (χ1v) is 6.20. The van der Waals surface area contributed by atoms with Crippen LogP contribution in [0.25, 0.3) is 0 Å². The number of amides is 1. The Morgan fingerprint density at radius 2 is 2.22 bits per heavy atom. The Morgan fingerprint density at radius 1 is 1.44 bits per heavy atom. The van der Waals surface area contributed by atoms with E-state index in [1.165, 1.54) is 0 Å². The summed E-state index contributed by atoms with van der Waals surface area (Å²) in [5.74, 6) is -0.487. The van der Waals surface area contributed by atoms with Crippen LogP contribution in [-0.4, -0.2) is 30.2 Å². The Hall–Kier alpha value is -1.75. The maximum absolute atomic E-state index is 11.5. The molecule has 2 rings (SSSR count). The molecule has 0 bridgehead atoms. The van der Waals surface area contributed by atoms with Crippen LogP contribution >= 0.6 is 0 Å². The maximum atomic E-state index is 11.5. The molecular weight excluding hydrogens is 230 g/mol. The van der Waals surface area contributed by atoms with Crippen LogP contribution < -0.4 is 16.4 Å². The van der Waals surface area contributed by atoms with Crippen molar-refractivity contribution in [2.45, 2.75) is 25.3 Å². The number of aliphatic hydroxyl groups excluding tert-OH is 1. The fourth-order valence-electron chi connectivity index (χ4n) is 2.51. The predicted octanol–water partition coefficient (Wildman–Crippen LogP) is 0.719. The molecule has 1 fully saturated rings. The summed E-state index contributed by atoms with van der Waals surface area (Å²) in [7, 11) is 0. The summed E-state index contributed by atoms with van der Waals surface area (Å²) in [4.78, 5) is 13.5. The highest BCUT2D eigenvalue weighted by atomic mass is 16.3. The minimum atomic E-state index is -0.487. The van der Waals surface area contributed by atoms with Crippen LogP contribution in [0.4, 0.5) is 11.4 Å². The number of carbonyl (C=O) groups excluding carboxylic acids is 1. The van der Waals surface area contributed by atoms with Gasteiger partial charge in [0.15, 0.2) is 0 Å². The molecule has 1 aromatic carbocycles. The Bertz CT molecular complexity index is 448. The number of nitrogen functional groups attached to an aromatic ring is 1. The van der Waals surface area contributed by atoms with E-state index in [0.29, 0.717) is 11.3 Å². The number of piperidine rings is 1. The lowest BCUT2D eigenvalue weighted by Crippen LogP contribution is -2.42. The SMILES string of the molecule is NC(=O)c1cc(N)ccc1N1CCCCC1CO. The van der Waals surface area contributed by atoms with Crippen molar-refractivity contribution < 1.29 is 9.90 Å². The molecule has 0 saturated carbocycles. The minimum Gasteiger partial charge on any atom is -0.399 e. The Balaban J connectivity index is 2.39. The van der Waals surface area contributed by atoms with Crippen molar-refractivity contribution in [3.05, 3.63) is 23.8 Å². The second-order valence-electron chi connectivity index (χ2n) is 4.67. The largest absolute Gasteiger partial charge is 0.399 e. The summed E-state index contributed by atoms with van der Waals surface area (Å²) in [6, 6.07) is 5.22. The van der Waals surface area contributed by atoms with Gasteiger partial charge in [-0.1, -0.05) is 0 Å². The molecule has 18 heavy (non-hydrogen) atoms. The van der Waals surface area contributed by atoms with Gasteiger partial charge in [-0.05, 0) is 37.5 Å². The van der Waals surface area contributed by atoms with Crippen molar-refractivity contribution in [3.8, 4) is 0 Å². The van der Waals surface area contributed by atoms with Gasteiger partial charge in [0.1, 0.15) is 0 Å². The molecule has 5 heteroatoms. The Labute approximate surface area is 106 Å². The molecule has 5 N–H and O–H groups in total. The number of nitrogens with two attached hydrogens (primary N) is 2. The highest BCUT2D eigenvalue weighted by Crippen LogP contribution is 2.29. The third kappa shape index (κ3) is 2.41. The van der Waals surface area contributed by atoms with Gasteiger partial charge in [-0.15, -0.1) is 0 Å². The highest BCUT2D eigenvalue weighted by molar-refractivity contribution is 5.99. The Morgan fingerprint density at radius 3 is 2.89 bits per heavy atom. The van der Waals surface area contributed by atoms with Crippen LogP contribution in [0, 0.1) is 0 Å². The number of carbonyl (C=O) groups is 1. The summed E-state index contributed by atoms with van der Waals surface area (Å²) < 4.78 is 0. The van der Waals surface area contributed by atoms with Crippen LogP contribution in [0.5, 0.6) is 0 Å². The zero-order valence-electron chi connectivity index (χ0n) is 10.3. The van der Waals surface area contributed by atoms with E-state index >= 15 is 0 Å². The second kappa shape index (κ2) is 5.27. The maximum Gasteiger partial charge on any atom is 0.250 e. The third-order valence-corrected chi connectivity index (χ3v) is 3.43. The molecule has 1 amide bonds. The van der Waals surface area contributed by atoms with Gasteiger partial charge >= 0.3 is 0 Å². The van der Waals surface area contributed by atoms with Crippen molar-refractivity contribution in [3.63, 3.8) is 0 Å². The van der Waals surface area contributed by atoms with E-state index < -0.39 is 5.91 Å². The average molecular weight is 249 g/mol. The standard InChI is InChI=1S/C13H19N3O2/c14-9-4-5-12(11(7-9)13(15)18)16-6-2-1-3-10(16)8-17/h4-5,7,10,17H,1-3,6,8,14H2,(H2,15,18). The van der Waals surface area contributed by atoms with Gasteiger partial charge in [0, 0.05) is 17.9 Å². The predicted molar refractivity (Wildman–Crippen MR) is 71.4 cm³/mol. The van der Waals surface area contributed by atoms with E-state index in [1.54, 1.807) is 12.1 Å². The van der Waals surface area contributed by atoms with Crippen molar-refractivity contribution in [2.24, 2.45) is 5.73 Å². The highest BCUT2D eigenvalue weighted by Gasteiger charge is 2.25. The molecule has 5 nitrogen and oxygen atoms in total. The average Bonchev–Trinajstić information content (AvgIpc) is 2.38. The number of benzene rings is 1. The molecule has 0 spiro atoms. The molecule has 1 aromatic rings. The van der Waals surface area contributed by atoms with Gasteiger partial charge in [-0.2, -0.15) is 0 Å². The molecule has 0 aliphatic carbocycles. The number of aliphatic hydroxyl groups is 1. The number of hydrogen-bond donors (Lipinski definition) is 3. The first-order chi connectivity index (χ1) is 8.63. The molecule has 1 saturated heterocycles. The van der Waals surface area contributed by atoms with E-state index in [0.717, 1.165) is 31.5 Å². The van der Waals surface area contributed by atoms with E-state index in [4.69, 9.17) is 11.5 Å². The second-order valence-corrected chi connectivity index (χ2v) is 4.67. The van der Waals surface area contributed by atoms with Crippen molar-refractivity contribution in [1.82, 2.24) is 0 Å². The van der Waals surface area contributed by atoms with Gasteiger partial charge in [0.2, 0.25) is 0 Å². The van der Waals surface area contributed by atoms with Crippen molar-refractivity contribution in [1.29, 1.82) is 0 Å². The molecule has 1 aliphatic rings. The van der Waals surface area contributed by atoms with E-state index in [2.05, 4.69) is 4.90 Å². The lowest BCUT2D eigenvalue weighted by Gasteiger charge is -2.37. The van der Waals surface area contributed by atoms with Gasteiger partial charge in [0.05, 0.1) is 18.2 Å². The van der Waals surface area contributed by atoms with Crippen LogP contribution in [0.15, 0.2) is 18.2 Å². The zero-order chi connectivity index (χ0) is 13.1. The number of nitrogens with zero attached hydrogens (tertiary/aromatic N) is 1. The van der Waals surface area contributed by atoms with Gasteiger partial charge < -0.3 is 21.5 Å². The topological polar surface area (TPSA) is 92.6 Å². The molecule has 0 radical (unpaired) electrons. The van der Waals surface area contributed by atoms with E-state index in [9.17, 15) is 9.90 Å². The van der Waals surface area contributed by atoms with Gasteiger partial charge in [-0.3, -0.25) is 4.79 Å². The quantitative estimate of drug-likeness (QED) is 0.688. The van der Waals surface area contributed by atoms with Crippen LogP contribution in [0.3, 0.4) is 0 Å². The Kier molecular flexibility index (Phi) is 3.72. The van der Waals surface area contributed by atoms with Gasteiger partial charge in [-0.25, -0.2) is 0 Å².